The van der Waals surface area contributed by atoms with Crippen LogP contribution in [0.4, 0.5) is 0 Å². The van der Waals surface area contributed by atoms with Gasteiger partial charge in [-0.25, -0.2) is 4.98 Å². The fourth-order valence-electron chi connectivity index (χ4n) is 1.42. The molecule has 80 valence electrons. The van der Waals surface area contributed by atoms with E-state index in [1.165, 1.54) is 6.42 Å². The number of aryl methyl sites for hydroxylation is 1. The lowest BCUT2D eigenvalue weighted by Crippen LogP contribution is -2.20. The number of nitrogens with two attached hydrogens (primary N) is 1. The van der Waals surface area contributed by atoms with E-state index in [9.17, 15) is 0 Å². The molecule has 0 aliphatic rings. The molecule has 0 aromatic carbocycles. The van der Waals surface area contributed by atoms with Crippen LogP contribution < -0.4 is 5.73 Å². The average molecular weight is 195 g/mol. The molecule has 3 nitrogen and oxygen atoms in total. The molecule has 0 radical (unpaired) electrons. The van der Waals surface area contributed by atoms with E-state index >= 15 is 0 Å². The van der Waals surface area contributed by atoms with Crippen LogP contribution in [0, 0.1) is 5.92 Å². The first-order chi connectivity index (χ1) is 6.59. The van der Waals surface area contributed by atoms with Gasteiger partial charge < -0.3 is 10.3 Å². The zero-order valence-electron chi connectivity index (χ0n) is 9.40. The van der Waals surface area contributed by atoms with E-state index in [1.807, 2.05) is 19.3 Å². The molecule has 0 saturated carbocycles. The first kappa shape index (κ1) is 11.2. The molecule has 1 unspecified atom stereocenters. The summed E-state index contributed by atoms with van der Waals surface area (Å²) in [5, 5.41) is 0. The highest BCUT2D eigenvalue weighted by Crippen LogP contribution is 2.06. The normalized spacial score (nSPS) is 13.5. The highest BCUT2D eigenvalue weighted by molar-refractivity contribution is 4.94. The summed E-state index contributed by atoms with van der Waals surface area (Å²) in [6.07, 6.45) is 5.96. The smallest absolute Gasteiger partial charge is 0.110 e. The number of rotatable bonds is 5. The van der Waals surface area contributed by atoms with Crippen molar-refractivity contribution >= 4 is 0 Å². The molecule has 0 aliphatic heterocycles. The van der Waals surface area contributed by atoms with Crippen LogP contribution in [0.5, 0.6) is 0 Å². The maximum absolute atomic E-state index is 5.76. The molecule has 1 heterocycles. The van der Waals surface area contributed by atoms with E-state index in [0.717, 1.165) is 24.7 Å². The van der Waals surface area contributed by atoms with Gasteiger partial charge in [-0.3, -0.25) is 0 Å². The van der Waals surface area contributed by atoms with Gasteiger partial charge in [0.2, 0.25) is 0 Å². The first-order valence-corrected chi connectivity index (χ1v) is 5.35. The van der Waals surface area contributed by atoms with Crippen LogP contribution in [-0.2, 0) is 13.0 Å². The summed E-state index contributed by atoms with van der Waals surface area (Å²) in [5.41, 5.74) is 5.76. The molecule has 1 rings (SSSR count). The quantitative estimate of drug-likeness (QED) is 0.779. The van der Waals surface area contributed by atoms with Crippen molar-refractivity contribution in [2.24, 2.45) is 11.7 Å². The Kier molecular flexibility index (Phi) is 4.14. The molecule has 1 aromatic rings. The van der Waals surface area contributed by atoms with Gasteiger partial charge in [0.1, 0.15) is 5.82 Å². The third kappa shape index (κ3) is 3.50. The monoisotopic (exact) mass is 195 g/mol. The van der Waals surface area contributed by atoms with Gasteiger partial charge in [-0.1, -0.05) is 13.8 Å². The molecular formula is C11H21N3. The predicted molar refractivity (Wildman–Crippen MR) is 59.0 cm³/mol. The Bertz CT molecular complexity index is 263. The Hall–Kier alpha value is -0.830. The van der Waals surface area contributed by atoms with E-state index in [2.05, 4.69) is 23.4 Å². The zero-order valence-corrected chi connectivity index (χ0v) is 9.40. The van der Waals surface area contributed by atoms with E-state index in [-0.39, 0.29) is 6.04 Å². The van der Waals surface area contributed by atoms with Crippen molar-refractivity contribution in [1.29, 1.82) is 0 Å². The fraction of sp³-hybridized carbons (Fsp3) is 0.727. The molecule has 1 aromatic heterocycles. The molecule has 0 spiro atoms. The minimum atomic E-state index is 0.190. The number of imidazole rings is 1. The standard InChI is InChI=1S/C11H21N3/c1-9(2)4-6-14-7-5-13-11(14)8-10(3)12/h5,7,9-10H,4,6,8,12H2,1-3H3. The Labute approximate surface area is 86.3 Å². The van der Waals surface area contributed by atoms with Crippen molar-refractivity contribution in [3.05, 3.63) is 18.2 Å². The minimum Gasteiger partial charge on any atom is -0.335 e. The van der Waals surface area contributed by atoms with E-state index in [4.69, 9.17) is 5.73 Å². The highest BCUT2D eigenvalue weighted by atomic mass is 15.1. The van der Waals surface area contributed by atoms with Crippen molar-refractivity contribution in [2.45, 2.75) is 46.2 Å². The van der Waals surface area contributed by atoms with Gasteiger partial charge in [0, 0.05) is 31.4 Å². The van der Waals surface area contributed by atoms with Gasteiger partial charge in [0.05, 0.1) is 0 Å². The first-order valence-electron chi connectivity index (χ1n) is 5.35. The summed E-state index contributed by atoms with van der Waals surface area (Å²) in [4.78, 5) is 4.32. The summed E-state index contributed by atoms with van der Waals surface area (Å²) in [7, 11) is 0. The number of hydrogen-bond donors (Lipinski definition) is 1. The summed E-state index contributed by atoms with van der Waals surface area (Å²) in [6, 6.07) is 0.190. The van der Waals surface area contributed by atoms with E-state index in [0.29, 0.717) is 0 Å². The second-order valence-electron chi connectivity index (χ2n) is 4.40. The predicted octanol–water partition coefficient (Wildman–Crippen LogP) is 1.82. The van der Waals surface area contributed by atoms with Crippen molar-refractivity contribution in [3.63, 3.8) is 0 Å². The lowest BCUT2D eigenvalue weighted by molar-refractivity contribution is 0.500. The summed E-state index contributed by atoms with van der Waals surface area (Å²) < 4.78 is 2.21. The van der Waals surface area contributed by atoms with Crippen molar-refractivity contribution in [1.82, 2.24) is 9.55 Å². The third-order valence-corrected chi connectivity index (χ3v) is 2.25. The Morgan fingerprint density at radius 3 is 2.71 bits per heavy atom. The van der Waals surface area contributed by atoms with Crippen LogP contribution in [0.1, 0.15) is 33.0 Å². The van der Waals surface area contributed by atoms with Gasteiger partial charge >= 0.3 is 0 Å². The summed E-state index contributed by atoms with van der Waals surface area (Å²) >= 11 is 0. The molecule has 1 atom stereocenters. The second-order valence-corrected chi connectivity index (χ2v) is 4.40. The average Bonchev–Trinajstić information content (AvgIpc) is 2.47. The van der Waals surface area contributed by atoms with E-state index < -0.39 is 0 Å². The van der Waals surface area contributed by atoms with Crippen LogP contribution in [0.15, 0.2) is 12.4 Å². The number of nitrogens with zero attached hydrogens (tertiary/aromatic N) is 2. The molecule has 0 aliphatic carbocycles. The van der Waals surface area contributed by atoms with Crippen LogP contribution in [0.3, 0.4) is 0 Å². The Morgan fingerprint density at radius 1 is 1.43 bits per heavy atom. The SMILES string of the molecule is CC(C)CCn1ccnc1CC(C)N. The van der Waals surface area contributed by atoms with Crippen LogP contribution in [-0.4, -0.2) is 15.6 Å². The van der Waals surface area contributed by atoms with Crippen LogP contribution in [0.25, 0.3) is 0 Å². The van der Waals surface area contributed by atoms with Crippen molar-refractivity contribution in [2.75, 3.05) is 0 Å². The summed E-state index contributed by atoms with van der Waals surface area (Å²) in [6.45, 7) is 7.55. The van der Waals surface area contributed by atoms with E-state index in [1.54, 1.807) is 0 Å². The van der Waals surface area contributed by atoms with Gasteiger partial charge in [0.25, 0.3) is 0 Å². The van der Waals surface area contributed by atoms with Gasteiger partial charge in [-0.15, -0.1) is 0 Å². The molecule has 0 saturated heterocycles. The highest BCUT2D eigenvalue weighted by Gasteiger charge is 2.05. The minimum absolute atomic E-state index is 0.190. The van der Waals surface area contributed by atoms with Crippen LogP contribution >= 0.6 is 0 Å². The molecule has 0 amide bonds. The second kappa shape index (κ2) is 5.15. The lowest BCUT2D eigenvalue weighted by atomic mass is 10.1. The molecule has 0 bridgehead atoms. The van der Waals surface area contributed by atoms with Gasteiger partial charge in [0.15, 0.2) is 0 Å². The maximum atomic E-state index is 5.76. The van der Waals surface area contributed by atoms with Gasteiger partial charge in [-0.05, 0) is 19.3 Å². The number of aromatic nitrogens is 2. The van der Waals surface area contributed by atoms with Crippen molar-refractivity contribution in [3.8, 4) is 0 Å². The topological polar surface area (TPSA) is 43.8 Å². The molecular weight excluding hydrogens is 174 g/mol. The molecule has 3 heteroatoms. The largest absolute Gasteiger partial charge is 0.335 e. The summed E-state index contributed by atoms with van der Waals surface area (Å²) in [5.74, 6) is 1.85. The zero-order chi connectivity index (χ0) is 10.6. The van der Waals surface area contributed by atoms with Crippen LogP contribution in [0.2, 0.25) is 0 Å². The van der Waals surface area contributed by atoms with Crippen molar-refractivity contribution < 1.29 is 0 Å². The van der Waals surface area contributed by atoms with Gasteiger partial charge in [-0.2, -0.15) is 0 Å². The molecule has 0 fully saturated rings. The Balaban J connectivity index is 2.53. The number of hydrogen-bond acceptors (Lipinski definition) is 2. The third-order valence-electron chi connectivity index (χ3n) is 2.25. The molecule has 14 heavy (non-hydrogen) atoms. The molecule has 2 N–H and O–H groups in total. The fourth-order valence-corrected chi connectivity index (χ4v) is 1.42. The maximum Gasteiger partial charge on any atom is 0.110 e. The lowest BCUT2D eigenvalue weighted by Gasteiger charge is -2.10. The Morgan fingerprint density at radius 2 is 2.14 bits per heavy atom.